The van der Waals surface area contributed by atoms with Crippen molar-refractivity contribution in [3.63, 3.8) is 0 Å². The van der Waals surface area contributed by atoms with E-state index in [2.05, 4.69) is 4.99 Å². The summed E-state index contributed by atoms with van der Waals surface area (Å²) in [5.74, 6) is -0.186. The molecule has 1 amide bonds. The highest BCUT2D eigenvalue weighted by atomic mass is 32.1. The number of esters is 1. The Morgan fingerprint density at radius 2 is 2.11 bits per heavy atom. The van der Waals surface area contributed by atoms with Crippen molar-refractivity contribution < 1.29 is 19.1 Å². The van der Waals surface area contributed by atoms with Crippen LogP contribution >= 0.6 is 22.7 Å². The molecule has 2 heterocycles. The third-order valence-corrected chi connectivity index (χ3v) is 5.50. The molecule has 0 fully saturated rings. The summed E-state index contributed by atoms with van der Waals surface area (Å²) in [4.78, 5) is 29.8. The van der Waals surface area contributed by atoms with Crippen LogP contribution in [0.1, 0.15) is 11.8 Å². The Balaban J connectivity index is 2.07. The number of rotatable bonds is 6. The lowest BCUT2D eigenvalue weighted by atomic mass is 10.3. The van der Waals surface area contributed by atoms with Crippen molar-refractivity contribution >= 4 is 50.8 Å². The third kappa shape index (κ3) is 4.53. The number of benzene rings is 1. The second kappa shape index (κ2) is 8.79. The Labute approximate surface area is 164 Å². The minimum atomic E-state index is -0.427. The normalized spacial score (nSPS) is 12.0. The van der Waals surface area contributed by atoms with Gasteiger partial charge in [-0.1, -0.05) is 23.5 Å². The molecule has 0 unspecified atom stereocenters. The number of amides is 1. The van der Waals surface area contributed by atoms with Crippen molar-refractivity contribution in [3.05, 3.63) is 51.5 Å². The highest BCUT2D eigenvalue weighted by molar-refractivity contribution is 7.16. The monoisotopic (exact) mass is 402 g/mol. The molecule has 0 radical (unpaired) electrons. The number of carbonyl (C=O) groups is 2. The first-order valence-corrected chi connectivity index (χ1v) is 9.94. The van der Waals surface area contributed by atoms with Crippen LogP contribution in [0.4, 0.5) is 0 Å². The Kier molecular flexibility index (Phi) is 6.20. The van der Waals surface area contributed by atoms with Crippen LogP contribution in [0.25, 0.3) is 16.3 Å². The minimum absolute atomic E-state index is 0.0542. The van der Waals surface area contributed by atoms with Gasteiger partial charge in [0, 0.05) is 11.0 Å². The fourth-order valence-corrected chi connectivity index (χ4v) is 4.14. The number of para-hydroxylation sites is 1. The van der Waals surface area contributed by atoms with Gasteiger partial charge in [-0.15, -0.1) is 11.3 Å². The first-order chi connectivity index (χ1) is 13.1. The SMILES string of the molecule is CCOc1cccc2sc(=NC(=O)/C=C/c3cccs3)n(CC(=O)OC)c12. The second-order valence-corrected chi connectivity index (χ2v) is 7.37. The molecular formula is C19H18N2O4S2. The van der Waals surface area contributed by atoms with E-state index in [-0.39, 0.29) is 6.54 Å². The molecule has 1 aromatic carbocycles. The number of hydrogen-bond acceptors (Lipinski definition) is 6. The summed E-state index contributed by atoms with van der Waals surface area (Å²) in [6.45, 7) is 2.32. The number of ether oxygens (including phenoxy) is 2. The van der Waals surface area contributed by atoms with Gasteiger partial charge < -0.3 is 14.0 Å². The molecule has 0 aliphatic heterocycles. The van der Waals surface area contributed by atoms with Crippen molar-refractivity contribution in [3.8, 4) is 5.75 Å². The van der Waals surface area contributed by atoms with Gasteiger partial charge >= 0.3 is 5.97 Å². The lowest BCUT2D eigenvalue weighted by molar-refractivity contribution is -0.141. The van der Waals surface area contributed by atoms with Gasteiger partial charge in [-0.2, -0.15) is 4.99 Å². The summed E-state index contributed by atoms with van der Waals surface area (Å²) in [7, 11) is 1.33. The first-order valence-electron chi connectivity index (χ1n) is 8.24. The highest BCUT2D eigenvalue weighted by Crippen LogP contribution is 2.27. The fraction of sp³-hybridized carbons (Fsp3) is 0.211. The molecule has 8 heteroatoms. The standard InChI is InChI=1S/C19H18N2O4S2/c1-3-25-14-7-4-8-15-18(14)21(12-17(23)24-2)19(27-15)20-16(22)10-9-13-6-5-11-26-13/h4-11H,3,12H2,1-2H3/b10-9+,20-19?. The highest BCUT2D eigenvalue weighted by Gasteiger charge is 2.15. The van der Waals surface area contributed by atoms with Gasteiger partial charge in [0.2, 0.25) is 0 Å². The van der Waals surface area contributed by atoms with Crippen molar-refractivity contribution in [2.24, 2.45) is 4.99 Å². The molecule has 2 aromatic heterocycles. The van der Waals surface area contributed by atoms with Crippen molar-refractivity contribution in [1.29, 1.82) is 0 Å². The number of hydrogen-bond donors (Lipinski definition) is 0. The van der Waals surface area contributed by atoms with E-state index < -0.39 is 11.9 Å². The van der Waals surface area contributed by atoms with E-state index >= 15 is 0 Å². The lowest BCUT2D eigenvalue weighted by Gasteiger charge is -2.08. The van der Waals surface area contributed by atoms with Crippen molar-refractivity contribution in [2.45, 2.75) is 13.5 Å². The van der Waals surface area contributed by atoms with Crippen LogP contribution in [0, 0.1) is 0 Å². The smallest absolute Gasteiger partial charge is 0.325 e. The van der Waals surface area contributed by atoms with Gasteiger partial charge in [0.15, 0.2) is 4.80 Å². The number of thiazole rings is 1. The van der Waals surface area contributed by atoms with Crippen LogP contribution in [-0.2, 0) is 20.9 Å². The molecule has 3 aromatic rings. The number of aromatic nitrogens is 1. The Morgan fingerprint density at radius 3 is 2.81 bits per heavy atom. The first kappa shape index (κ1) is 19.1. The van der Waals surface area contributed by atoms with Crippen LogP contribution in [0.5, 0.6) is 5.75 Å². The summed E-state index contributed by atoms with van der Waals surface area (Å²) in [6, 6.07) is 9.43. The molecule has 0 bridgehead atoms. The van der Waals surface area contributed by atoms with Crippen LogP contribution in [0.3, 0.4) is 0 Å². The molecule has 27 heavy (non-hydrogen) atoms. The molecule has 0 aliphatic rings. The summed E-state index contributed by atoms with van der Waals surface area (Å²) in [5.41, 5.74) is 0.725. The van der Waals surface area contributed by atoms with Gasteiger partial charge in [0.05, 0.1) is 18.4 Å². The number of nitrogens with zero attached hydrogens (tertiary/aromatic N) is 2. The van der Waals surface area contributed by atoms with E-state index in [4.69, 9.17) is 9.47 Å². The van der Waals surface area contributed by atoms with E-state index in [0.29, 0.717) is 17.2 Å². The summed E-state index contributed by atoms with van der Waals surface area (Å²) < 4.78 is 13.0. The molecule has 0 saturated carbocycles. The van der Waals surface area contributed by atoms with E-state index in [1.807, 2.05) is 42.6 Å². The fourth-order valence-electron chi connectivity index (χ4n) is 2.47. The predicted octanol–water partition coefficient (Wildman–Crippen LogP) is 3.48. The number of fused-ring (bicyclic) bond motifs is 1. The Hall–Kier alpha value is -2.71. The van der Waals surface area contributed by atoms with Gasteiger partial charge in [0.1, 0.15) is 17.8 Å². The molecular weight excluding hydrogens is 384 g/mol. The molecule has 140 valence electrons. The average Bonchev–Trinajstić information content (AvgIpc) is 3.29. The minimum Gasteiger partial charge on any atom is -0.492 e. The Bertz CT molecular complexity index is 1050. The van der Waals surface area contributed by atoms with Gasteiger partial charge in [-0.25, -0.2) is 0 Å². The zero-order valence-electron chi connectivity index (χ0n) is 14.9. The molecule has 0 saturated heterocycles. The maximum Gasteiger partial charge on any atom is 0.325 e. The number of thiophene rings is 1. The van der Waals surface area contributed by atoms with Crippen LogP contribution in [0.15, 0.2) is 46.8 Å². The number of carbonyl (C=O) groups excluding carboxylic acids is 2. The number of methoxy groups -OCH3 is 1. The molecule has 6 nitrogen and oxygen atoms in total. The van der Waals surface area contributed by atoms with E-state index in [1.54, 1.807) is 10.6 Å². The lowest BCUT2D eigenvalue weighted by Crippen LogP contribution is -2.22. The average molecular weight is 402 g/mol. The molecule has 0 aliphatic carbocycles. The van der Waals surface area contributed by atoms with E-state index in [0.717, 1.165) is 15.1 Å². The van der Waals surface area contributed by atoms with Crippen LogP contribution in [0.2, 0.25) is 0 Å². The van der Waals surface area contributed by atoms with Crippen molar-refractivity contribution in [1.82, 2.24) is 4.57 Å². The summed E-state index contributed by atoms with van der Waals surface area (Å²) in [5, 5.41) is 1.94. The Morgan fingerprint density at radius 1 is 1.26 bits per heavy atom. The van der Waals surface area contributed by atoms with E-state index in [9.17, 15) is 9.59 Å². The van der Waals surface area contributed by atoms with Crippen LogP contribution in [-0.4, -0.2) is 30.2 Å². The second-order valence-electron chi connectivity index (χ2n) is 5.38. The van der Waals surface area contributed by atoms with Gasteiger partial charge in [-0.05, 0) is 36.6 Å². The predicted molar refractivity (Wildman–Crippen MR) is 107 cm³/mol. The summed E-state index contributed by atoms with van der Waals surface area (Å²) >= 11 is 2.86. The molecule has 3 rings (SSSR count). The molecule has 0 spiro atoms. The zero-order valence-corrected chi connectivity index (χ0v) is 16.5. The third-order valence-electron chi connectivity index (χ3n) is 3.62. The maximum atomic E-state index is 12.3. The summed E-state index contributed by atoms with van der Waals surface area (Å²) in [6.07, 6.45) is 3.14. The van der Waals surface area contributed by atoms with E-state index in [1.165, 1.54) is 35.9 Å². The topological polar surface area (TPSA) is 69.9 Å². The van der Waals surface area contributed by atoms with Crippen LogP contribution < -0.4 is 9.54 Å². The largest absolute Gasteiger partial charge is 0.492 e. The maximum absolute atomic E-state index is 12.3. The molecule has 0 atom stereocenters. The van der Waals surface area contributed by atoms with Gasteiger partial charge in [0.25, 0.3) is 5.91 Å². The van der Waals surface area contributed by atoms with Crippen molar-refractivity contribution in [2.75, 3.05) is 13.7 Å². The zero-order chi connectivity index (χ0) is 19.2. The quantitative estimate of drug-likeness (QED) is 0.468. The molecule has 0 N–H and O–H groups in total. The van der Waals surface area contributed by atoms with Gasteiger partial charge in [-0.3, -0.25) is 9.59 Å².